The van der Waals surface area contributed by atoms with Gasteiger partial charge in [-0.1, -0.05) is 29.8 Å². The lowest BCUT2D eigenvalue weighted by Gasteiger charge is -2.20. The molecule has 0 unspecified atom stereocenters. The Balaban J connectivity index is 1.44. The van der Waals surface area contributed by atoms with Crippen molar-refractivity contribution in [3.05, 3.63) is 58.6 Å². The summed E-state index contributed by atoms with van der Waals surface area (Å²) in [6, 6.07) is 13.9. The van der Waals surface area contributed by atoms with Crippen LogP contribution in [0, 0.1) is 6.92 Å². The summed E-state index contributed by atoms with van der Waals surface area (Å²) in [5.74, 6) is 2.06. The van der Waals surface area contributed by atoms with Gasteiger partial charge in [0.25, 0.3) is 0 Å². The molecular weight excluding hydrogens is 410 g/mol. The van der Waals surface area contributed by atoms with E-state index in [1.807, 2.05) is 60.0 Å². The Kier molecular flexibility index (Phi) is 7.59. The summed E-state index contributed by atoms with van der Waals surface area (Å²) in [6.45, 7) is 3.59. The minimum Gasteiger partial charge on any atom is -0.362 e. The smallest absolute Gasteiger partial charge is 0.227 e. The molecule has 0 saturated carbocycles. The predicted octanol–water partition coefficient (Wildman–Crippen LogP) is 5.00. The van der Waals surface area contributed by atoms with Gasteiger partial charge in [-0.25, -0.2) is 0 Å². The highest BCUT2D eigenvalue weighted by atomic mass is 35.5. The number of carbonyl (C=O) groups is 1. The van der Waals surface area contributed by atoms with Gasteiger partial charge < -0.3 is 15.5 Å². The molecule has 2 aromatic carbocycles. The average molecular weight is 434 g/mol. The summed E-state index contributed by atoms with van der Waals surface area (Å²) >= 11 is 13.2. The number of nitrogens with zero attached hydrogens (tertiary/aromatic N) is 1. The van der Waals surface area contributed by atoms with Gasteiger partial charge in [0.05, 0.1) is 0 Å². The van der Waals surface area contributed by atoms with Crippen molar-refractivity contribution in [3.8, 4) is 0 Å². The first kappa shape index (κ1) is 21.0. The monoisotopic (exact) mass is 433 g/mol. The Morgan fingerprint density at radius 1 is 1.29 bits per heavy atom. The van der Waals surface area contributed by atoms with Gasteiger partial charge >= 0.3 is 0 Å². The highest BCUT2D eigenvalue weighted by Crippen LogP contribution is 2.28. The predicted molar refractivity (Wildman–Crippen MR) is 125 cm³/mol. The summed E-state index contributed by atoms with van der Waals surface area (Å²) in [6.07, 6.45) is 1.55. The molecule has 3 rings (SSSR count). The van der Waals surface area contributed by atoms with Crippen LogP contribution in [-0.2, 0) is 10.5 Å². The quantitative estimate of drug-likeness (QED) is 0.475. The SMILES string of the molecule is Cc1ccc(NC(=S)NCCSCc2cccc(Cl)c2)cc1N1CCCC1=O. The summed E-state index contributed by atoms with van der Waals surface area (Å²) in [7, 11) is 0. The number of hydrogen-bond acceptors (Lipinski definition) is 3. The normalized spacial score (nSPS) is 13.6. The van der Waals surface area contributed by atoms with Crippen LogP contribution in [0.4, 0.5) is 11.4 Å². The van der Waals surface area contributed by atoms with Crippen molar-refractivity contribution >= 4 is 58.0 Å². The number of nitrogens with one attached hydrogen (secondary N) is 2. The zero-order valence-electron chi connectivity index (χ0n) is 15.8. The average Bonchev–Trinajstić information content (AvgIpc) is 3.09. The molecule has 0 aliphatic carbocycles. The summed E-state index contributed by atoms with van der Waals surface area (Å²) < 4.78 is 0. The third-order valence-electron chi connectivity index (χ3n) is 4.52. The first-order chi connectivity index (χ1) is 13.5. The number of halogens is 1. The zero-order chi connectivity index (χ0) is 19.9. The minimum atomic E-state index is 0.192. The van der Waals surface area contributed by atoms with E-state index in [0.717, 1.165) is 53.0 Å². The standard InChI is InChI=1S/C21H24ClN3OS2/c1-15-7-8-18(13-19(15)25-10-3-6-20(25)26)24-21(27)23-9-11-28-14-16-4-2-5-17(22)12-16/h2,4-5,7-8,12-13H,3,6,9-11,14H2,1H3,(H2,23,24,27). The highest BCUT2D eigenvalue weighted by Gasteiger charge is 2.23. The third-order valence-corrected chi connectivity index (χ3v) is 6.03. The first-order valence-electron chi connectivity index (χ1n) is 9.31. The number of amides is 1. The number of carbonyl (C=O) groups excluding carboxylic acids is 1. The third kappa shape index (κ3) is 5.87. The molecule has 7 heteroatoms. The second-order valence-electron chi connectivity index (χ2n) is 6.71. The van der Waals surface area contributed by atoms with E-state index in [2.05, 4.69) is 16.7 Å². The lowest BCUT2D eigenvalue weighted by atomic mass is 10.1. The van der Waals surface area contributed by atoms with Crippen LogP contribution in [0.3, 0.4) is 0 Å². The van der Waals surface area contributed by atoms with E-state index in [-0.39, 0.29) is 5.91 Å². The second kappa shape index (κ2) is 10.1. The number of hydrogen-bond donors (Lipinski definition) is 2. The van der Waals surface area contributed by atoms with Crippen LogP contribution in [0.5, 0.6) is 0 Å². The van der Waals surface area contributed by atoms with Crippen molar-refractivity contribution in [2.24, 2.45) is 0 Å². The van der Waals surface area contributed by atoms with Gasteiger partial charge in [-0.15, -0.1) is 0 Å². The fourth-order valence-electron chi connectivity index (χ4n) is 3.11. The number of rotatable bonds is 7. The molecule has 0 atom stereocenters. The Labute approximate surface area is 181 Å². The van der Waals surface area contributed by atoms with Crippen LogP contribution in [-0.4, -0.2) is 29.9 Å². The van der Waals surface area contributed by atoms with E-state index < -0.39 is 0 Å². The van der Waals surface area contributed by atoms with E-state index in [1.54, 1.807) is 0 Å². The Hall–Kier alpha value is -1.76. The summed E-state index contributed by atoms with van der Waals surface area (Å²) in [4.78, 5) is 13.9. The van der Waals surface area contributed by atoms with E-state index >= 15 is 0 Å². The first-order valence-corrected chi connectivity index (χ1v) is 11.2. The molecule has 1 aliphatic heterocycles. The summed E-state index contributed by atoms with van der Waals surface area (Å²) in [5, 5.41) is 7.82. The molecule has 1 fully saturated rings. The number of aryl methyl sites for hydroxylation is 1. The maximum absolute atomic E-state index is 12.0. The van der Waals surface area contributed by atoms with Gasteiger partial charge in [-0.2, -0.15) is 11.8 Å². The minimum absolute atomic E-state index is 0.192. The molecule has 0 spiro atoms. The molecule has 1 saturated heterocycles. The van der Waals surface area contributed by atoms with E-state index in [4.69, 9.17) is 23.8 Å². The molecule has 0 bridgehead atoms. The molecular formula is C21H24ClN3OS2. The van der Waals surface area contributed by atoms with Crippen molar-refractivity contribution < 1.29 is 4.79 Å². The van der Waals surface area contributed by atoms with Gasteiger partial charge in [-0.05, 0) is 61.0 Å². The fourth-order valence-corrected chi connectivity index (χ4v) is 4.35. The Morgan fingerprint density at radius 2 is 2.14 bits per heavy atom. The van der Waals surface area contributed by atoms with Crippen LogP contribution >= 0.6 is 35.6 Å². The van der Waals surface area contributed by atoms with Crippen molar-refractivity contribution in [1.82, 2.24) is 5.32 Å². The van der Waals surface area contributed by atoms with E-state index in [1.165, 1.54) is 5.56 Å². The molecule has 0 aromatic heterocycles. The molecule has 0 radical (unpaired) electrons. The molecule has 2 aromatic rings. The Bertz CT molecular complexity index is 859. The highest BCUT2D eigenvalue weighted by molar-refractivity contribution is 7.98. The molecule has 2 N–H and O–H groups in total. The molecule has 4 nitrogen and oxygen atoms in total. The van der Waals surface area contributed by atoms with Crippen molar-refractivity contribution in [2.75, 3.05) is 29.1 Å². The fraction of sp³-hybridized carbons (Fsp3) is 0.333. The largest absolute Gasteiger partial charge is 0.362 e. The van der Waals surface area contributed by atoms with Gasteiger partial charge in [0.15, 0.2) is 5.11 Å². The number of thioether (sulfide) groups is 1. The van der Waals surface area contributed by atoms with Gasteiger partial charge in [0.1, 0.15) is 0 Å². The maximum Gasteiger partial charge on any atom is 0.227 e. The molecule has 1 amide bonds. The number of thiocarbonyl (C=S) groups is 1. The molecule has 148 valence electrons. The molecule has 1 heterocycles. The maximum atomic E-state index is 12.0. The zero-order valence-corrected chi connectivity index (χ0v) is 18.2. The van der Waals surface area contributed by atoms with Crippen molar-refractivity contribution in [2.45, 2.75) is 25.5 Å². The number of benzene rings is 2. The van der Waals surface area contributed by atoms with E-state index in [0.29, 0.717) is 11.5 Å². The van der Waals surface area contributed by atoms with Crippen LogP contribution in [0.1, 0.15) is 24.0 Å². The van der Waals surface area contributed by atoms with E-state index in [9.17, 15) is 4.79 Å². The molecule has 28 heavy (non-hydrogen) atoms. The van der Waals surface area contributed by atoms with Crippen LogP contribution in [0.15, 0.2) is 42.5 Å². The van der Waals surface area contributed by atoms with Gasteiger partial charge in [0, 0.05) is 47.4 Å². The van der Waals surface area contributed by atoms with Crippen LogP contribution in [0.2, 0.25) is 5.02 Å². The van der Waals surface area contributed by atoms with Crippen molar-refractivity contribution in [1.29, 1.82) is 0 Å². The lowest BCUT2D eigenvalue weighted by Crippen LogP contribution is -2.30. The van der Waals surface area contributed by atoms with Gasteiger partial charge in [-0.3, -0.25) is 4.79 Å². The second-order valence-corrected chi connectivity index (χ2v) is 8.66. The lowest BCUT2D eigenvalue weighted by molar-refractivity contribution is -0.117. The van der Waals surface area contributed by atoms with Crippen LogP contribution in [0.25, 0.3) is 0 Å². The Morgan fingerprint density at radius 3 is 2.89 bits per heavy atom. The topological polar surface area (TPSA) is 44.4 Å². The molecule has 1 aliphatic rings. The van der Waals surface area contributed by atoms with Gasteiger partial charge in [0.2, 0.25) is 5.91 Å². The van der Waals surface area contributed by atoms with Crippen LogP contribution < -0.4 is 15.5 Å². The number of anilines is 2. The van der Waals surface area contributed by atoms with Crippen molar-refractivity contribution in [3.63, 3.8) is 0 Å². The summed E-state index contributed by atoms with van der Waals surface area (Å²) in [5.41, 5.74) is 4.18.